The smallest absolute Gasteiger partial charge is 0.0501 e. The Hall–Kier alpha value is -1.09. The molecule has 3 heteroatoms. The van der Waals surface area contributed by atoms with Gasteiger partial charge in [0.2, 0.25) is 0 Å². The van der Waals surface area contributed by atoms with Crippen molar-refractivity contribution >= 4 is 5.69 Å². The number of likely N-dealkylation sites (tertiary alicyclic amines) is 1. The first-order valence-corrected chi connectivity index (χ1v) is 6.74. The molecule has 0 amide bonds. The molecule has 17 heavy (non-hydrogen) atoms. The molecule has 1 aromatic heterocycles. The first-order valence-electron chi connectivity index (χ1n) is 6.74. The second-order valence-electron chi connectivity index (χ2n) is 4.93. The molecule has 0 saturated carbocycles. The highest BCUT2D eigenvalue weighted by atomic mass is 15.2. The molecule has 1 fully saturated rings. The van der Waals surface area contributed by atoms with E-state index >= 15 is 0 Å². The molecule has 1 aliphatic rings. The van der Waals surface area contributed by atoms with Crippen LogP contribution in [0, 0.1) is 0 Å². The first-order chi connectivity index (χ1) is 8.29. The number of piperidine rings is 1. The molecule has 1 unspecified atom stereocenters. The maximum absolute atomic E-state index is 5.64. The molecule has 0 aromatic carbocycles. The molecule has 2 rings (SSSR count). The van der Waals surface area contributed by atoms with Gasteiger partial charge in [-0.2, -0.15) is 0 Å². The van der Waals surface area contributed by atoms with Crippen LogP contribution in [0.1, 0.15) is 38.3 Å². The standard InChI is InChI=1S/C14H23N3/c1-2-14-5-3-4-9-17(14)10-8-13-7-6-12(15)11-16-13/h6-7,11,14H,2-5,8-10,15H2,1H3. The van der Waals surface area contributed by atoms with E-state index in [1.807, 2.05) is 12.1 Å². The largest absolute Gasteiger partial charge is 0.397 e. The molecular weight excluding hydrogens is 210 g/mol. The van der Waals surface area contributed by atoms with Crippen molar-refractivity contribution in [1.29, 1.82) is 0 Å². The van der Waals surface area contributed by atoms with Gasteiger partial charge in [-0.1, -0.05) is 13.3 Å². The van der Waals surface area contributed by atoms with E-state index in [1.165, 1.54) is 32.2 Å². The van der Waals surface area contributed by atoms with Gasteiger partial charge in [-0.25, -0.2) is 0 Å². The summed E-state index contributed by atoms with van der Waals surface area (Å²) in [6, 6.07) is 4.77. The Morgan fingerprint density at radius 1 is 1.41 bits per heavy atom. The van der Waals surface area contributed by atoms with Crippen molar-refractivity contribution in [2.24, 2.45) is 0 Å². The Morgan fingerprint density at radius 2 is 2.29 bits per heavy atom. The molecule has 0 bridgehead atoms. The minimum absolute atomic E-state index is 0.748. The number of rotatable bonds is 4. The molecule has 94 valence electrons. The van der Waals surface area contributed by atoms with Crippen LogP contribution in [0.25, 0.3) is 0 Å². The Balaban J connectivity index is 1.86. The van der Waals surface area contributed by atoms with E-state index < -0.39 is 0 Å². The third-order valence-corrected chi connectivity index (χ3v) is 3.72. The van der Waals surface area contributed by atoms with Gasteiger partial charge in [0, 0.05) is 24.7 Å². The Kier molecular flexibility index (Phi) is 4.37. The lowest BCUT2D eigenvalue weighted by atomic mass is 9.99. The average Bonchev–Trinajstić information content (AvgIpc) is 2.38. The molecule has 1 aliphatic heterocycles. The SMILES string of the molecule is CCC1CCCCN1CCc1ccc(N)cn1. The normalized spacial score (nSPS) is 21.6. The highest BCUT2D eigenvalue weighted by molar-refractivity contribution is 5.34. The van der Waals surface area contributed by atoms with Gasteiger partial charge in [-0.05, 0) is 37.9 Å². The lowest BCUT2D eigenvalue weighted by Crippen LogP contribution is -2.40. The lowest BCUT2D eigenvalue weighted by molar-refractivity contribution is 0.145. The van der Waals surface area contributed by atoms with Gasteiger partial charge in [0.1, 0.15) is 0 Å². The van der Waals surface area contributed by atoms with Gasteiger partial charge in [0.15, 0.2) is 0 Å². The van der Waals surface area contributed by atoms with Crippen LogP contribution in [-0.4, -0.2) is 29.0 Å². The predicted molar refractivity (Wildman–Crippen MR) is 71.9 cm³/mol. The minimum Gasteiger partial charge on any atom is -0.397 e. The summed E-state index contributed by atoms with van der Waals surface area (Å²) >= 11 is 0. The van der Waals surface area contributed by atoms with Crippen LogP contribution in [0.15, 0.2) is 18.3 Å². The predicted octanol–water partition coefficient (Wildman–Crippen LogP) is 2.47. The van der Waals surface area contributed by atoms with Crippen molar-refractivity contribution in [3.8, 4) is 0 Å². The summed E-state index contributed by atoms with van der Waals surface area (Å²) in [4.78, 5) is 6.99. The fraction of sp³-hybridized carbons (Fsp3) is 0.643. The summed E-state index contributed by atoms with van der Waals surface area (Å²) in [5, 5.41) is 0. The molecule has 3 nitrogen and oxygen atoms in total. The second-order valence-corrected chi connectivity index (χ2v) is 4.93. The quantitative estimate of drug-likeness (QED) is 0.868. The average molecular weight is 233 g/mol. The number of aromatic nitrogens is 1. The molecule has 1 saturated heterocycles. The number of nitrogen functional groups attached to an aromatic ring is 1. The molecule has 1 atom stereocenters. The highest BCUT2D eigenvalue weighted by Gasteiger charge is 2.20. The van der Waals surface area contributed by atoms with Crippen LogP contribution in [0.3, 0.4) is 0 Å². The second kappa shape index (κ2) is 6.01. The van der Waals surface area contributed by atoms with Gasteiger partial charge in [0.25, 0.3) is 0 Å². The summed E-state index contributed by atoms with van der Waals surface area (Å²) in [7, 11) is 0. The highest BCUT2D eigenvalue weighted by Crippen LogP contribution is 2.19. The van der Waals surface area contributed by atoms with E-state index in [-0.39, 0.29) is 0 Å². The van der Waals surface area contributed by atoms with Gasteiger partial charge >= 0.3 is 0 Å². The number of hydrogen-bond acceptors (Lipinski definition) is 3. The Morgan fingerprint density at radius 3 is 3.00 bits per heavy atom. The number of pyridine rings is 1. The molecule has 0 aliphatic carbocycles. The lowest BCUT2D eigenvalue weighted by Gasteiger charge is -2.35. The fourth-order valence-corrected chi connectivity index (χ4v) is 2.66. The van der Waals surface area contributed by atoms with Crippen molar-refractivity contribution in [2.75, 3.05) is 18.8 Å². The topological polar surface area (TPSA) is 42.1 Å². The summed E-state index contributed by atoms with van der Waals surface area (Å²) in [5.74, 6) is 0. The maximum atomic E-state index is 5.64. The van der Waals surface area contributed by atoms with E-state index in [0.29, 0.717) is 0 Å². The van der Waals surface area contributed by atoms with Gasteiger partial charge in [-0.3, -0.25) is 4.98 Å². The van der Waals surface area contributed by atoms with Crippen LogP contribution in [0.4, 0.5) is 5.69 Å². The molecule has 0 radical (unpaired) electrons. The molecule has 2 N–H and O–H groups in total. The van der Waals surface area contributed by atoms with Crippen molar-refractivity contribution < 1.29 is 0 Å². The van der Waals surface area contributed by atoms with Gasteiger partial charge in [0.05, 0.1) is 11.9 Å². The van der Waals surface area contributed by atoms with Crippen LogP contribution in [0.2, 0.25) is 0 Å². The van der Waals surface area contributed by atoms with Crippen LogP contribution < -0.4 is 5.73 Å². The van der Waals surface area contributed by atoms with E-state index in [4.69, 9.17) is 5.73 Å². The van der Waals surface area contributed by atoms with Crippen molar-refractivity contribution in [3.05, 3.63) is 24.0 Å². The van der Waals surface area contributed by atoms with Gasteiger partial charge < -0.3 is 10.6 Å². The summed E-state index contributed by atoms with van der Waals surface area (Å²) < 4.78 is 0. The summed E-state index contributed by atoms with van der Waals surface area (Å²) in [5.41, 5.74) is 7.54. The monoisotopic (exact) mass is 233 g/mol. The zero-order chi connectivity index (χ0) is 12.1. The summed E-state index contributed by atoms with van der Waals surface area (Å²) in [6.45, 7) is 4.69. The maximum Gasteiger partial charge on any atom is 0.0501 e. The third kappa shape index (κ3) is 3.43. The third-order valence-electron chi connectivity index (χ3n) is 3.72. The molecule has 0 spiro atoms. The fourth-order valence-electron chi connectivity index (χ4n) is 2.66. The Bertz CT molecular complexity index is 334. The van der Waals surface area contributed by atoms with Crippen LogP contribution in [0.5, 0.6) is 0 Å². The minimum atomic E-state index is 0.748. The van der Waals surface area contributed by atoms with E-state index in [0.717, 1.165) is 30.4 Å². The zero-order valence-corrected chi connectivity index (χ0v) is 10.7. The summed E-state index contributed by atoms with van der Waals surface area (Å²) in [6.07, 6.45) is 8.18. The zero-order valence-electron chi connectivity index (χ0n) is 10.7. The van der Waals surface area contributed by atoms with Crippen molar-refractivity contribution in [1.82, 2.24) is 9.88 Å². The Labute approximate surface area is 104 Å². The molecular formula is C14H23N3. The number of anilines is 1. The van der Waals surface area contributed by atoms with Crippen LogP contribution in [-0.2, 0) is 6.42 Å². The van der Waals surface area contributed by atoms with E-state index in [1.54, 1.807) is 6.20 Å². The van der Waals surface area contributed by atoms with Crippen molar-refractivity contribution in [3.63, 3.8) is 0 Å². The number of nitrogens with two attached hydrogens (primary N) is 1. The number of nitrogens with zero attached hydrogens (tertiary/aromatic N) is 2. The molecule has 1 aromatic rings. The van der Waals surface area contributed by atoms with Crippen molar-refractivity contribution in [2.45, 2.75) is 45.1 Å². The van der Waals surface area contributed by atoms with E-state index in [9.17, 15) is 0 Å². The molecule has 2 heterocycles. The van der Waals surface area contributed by atoms with Gasteiger partial charge in [-0.15, -0.1) is 0 Å². The number of hydrogen-bond donors (Lipinski definition) is 1. The van der Waals surface area contributed by atoms with Crippen LogP contribution >= 0.6 is 0 Å². The first kappa shape index (κ1) is 12.4. The van der Waals surface area contributed by atoms with E-state index in [2.05, 4.69) is 16.8 Å².